The molecule has 0 N–H and O–H groups in total. The minimum Gasteiger partial charge on any atom is -0.493 e. The lowest BCUT2D eigenvalue weighted by atomic mass is 9.87. The normalized spacial score (nSPS) is 11.6. The molecular weight excluding hydrogens is 410 g/mol. The topological polar surface area (TPSA) is 39.9 Å². The van der Waals surface area contributed by atoms with Crippen LogP contribution in [0.1, 0.15) is 44.6 Å². The second-order valence-corrected chi connectivity index (χ2v) is 10.3. The maximum Gasteiger partial charge on any atom is 0.191 e. The summed E-state index contributed by atoms with van der Waals surface area (Å²) in [5.74, 6) is 3.59. The molecule has 160 valence electrons. The molecule has 6 heteroatoms. The van der Waals surface area contributed by atoms with E-state index in [2.05, 4.69) is 97.9 Å². The van der Waals surface area contributed by atoms with Gasteiger partial charge in [-0.05, 0) is 49.1 Å². The number of rotatable bonds is 9. The summed E-state index contributed by atoms with van der Waals surface area (Å²) in [6.45, 7) is 12.4. The highest BCUT2D eigenvalue weighted by atomic mass is 32.2. The number of nitrogens with zero attached hydrogens (tertiary/aromatic N) is 3. The van der Waals surface area contributed by atoms with Crippen LogP contribution in [0.5, 0.6) is 5.75 Å². The van der Waals surface area contributed by atoms with Crippen LogP contribution in [0.3, 0.4) is 0 Å². The van der Waals surface area contributed by atoms with Crippen molar-refractivity contribution < 1.29 is 4.74 Å². The maximum absolute atomic E-state index is 5.91. The molecule has 3 rings (SSSR count). The van der Waals surface area contributed by atoms with E-state index < -0.39 is 0 Å². The average Bonchev–Trinajstić information content (AvgIpc) is 3.12. The third-order valence-electron chi connectivity index (χ3n) is 4.80. The van der Waals surface area contributed by atoms with Gasteiger partial charge in [0.15, 0.2) is 5.16 Å². The molecular formula is C24H31N3OS2. The van der Waals surface area contributed by atoms with Crippen LogP contribution in [0.2, 0.25) is 0 Å². The van der Waals surface area contributed by atoms with Crippen LogP contribution in [0.4, 0.5) is 0 Å². The van der Waals surface area contributed by atoms with Crippen molar-refractivity contribution in [3.8, 4) is 5.75 Å². The van der Waals surface area contributed by atoms with Gasteiger partial charge in [0, 0.05) is 17.2 Å². The molecule has 0 radical (unpaired) electrons. The molecule has 0 spiro atoms. The summed E-state index contributed by atoms with van der Waals surface area (Å²) in [5, 5.41) is 9.78. The molecule has 30 heavy (non-hydrogen) atoms. The van der Waals surface area contributed by atoms with Gasteiger partial charge in [-0.1, -0.05) is 62.4 Å². The first-order valence-electron chi connectivity index (χ1n) is 10.3. The Labute approximate surface area is 188 Å². The number of hydrogen-bond donors (Lipinski definition) is 0. The van der Waals surface area contributed by atoms with Crippen LogP contribution in [-0.2, 0) is 17.7 Å². The van der Waals surface area contributed by atoms with Crippen molar-refractivity contribution in [3.05, 3.63) is 65.5 Å². The first-order chi connectivity index (χ1) is 14.4. The first kappa shape index (κ1) is 22.8. The zero-order valence-electron chi connectivity index (χ0n) is 18.5. The average molecular weight is 442 g/mol. The van der Waals surface area contributed by atoms with Gasteiger partial charge in [0.05, 0.1) is 12.4 Å². The van der Waals surface area contributed by atoms with Crippen molar-refractivity contribution in [1.82, 2.24) is 14.8 Å². The Kier molecular flexibility index (Phi) is 7.89. The van der Waals surface area contributed by atoms with Gasteiger partial charge in [0.25, 0.3) is 0 Å². The third kappa shape index (κ3) is 6.29. The van der Waals surface area contributed by atoms with Crippen LogP contribution >= 0.6 is 23.5 Å². The molecule has 0 saturated heterocycles. The van der Waals surface area contributed by atoms with E-state index in [1.165, 1.54) is 16.0 Å². The van der Waals surface area contributed by atoms with Gasteiger partial charge in [-0.15, -0.1) is 22.0 Å². The predicted molar refractivity (Wildman–Crippen MR) is 128 cm³/mol. The van der Waals surface area contributed by atoms with Crippen molar-refractivity contribution in [1.29, 1.82) is 0 Å². The van der Waals surface area contributed by atoms with Crippen LogP contribution < -0.4 is 4.74 Å². The maximum atomic E-state index is 5.91. The highest BCUT2D eigenvalue weighted by molar-refractivity contribution is 7.99. The van der Waals surface area contributed by atoms with E-state index in [0.29, 0.717) is 6.61 Å². The third-order valence-corrected chi connectivity index (χ3v) is 6.74. The van der Waals surface area contributed by atoms with E-state index in [1.54, 1.807) is 23.5 Å². The summed E-state index contributed by atoms with van der Waals surface area (Å²) < 4.78 is 8.11. The molecule has 0 unspecified atom stereocenters. The molecule has 0 amide bonds. The molecule has 0 fully saturated rings. The smallest absolute Gasteiger partial charge is 0.191 e. The number of ether oxygens (including phenoxy) is 1. The van der Waals surface area contributed by atoms with Crippen molar-refractivity contribution in [2.24, 2.45) is 0 Å². The molecule has 0 saturated carbocycles. The lowest BCUT2D eigenvalue weighted by Gasteiger charge is -2.19. The van der Waals surface area contributed by atoms with Gasteiger partial charge < -0.3 is 9.30 Å². The van der Waals surface area contributed by atoms with Crippen molar-refractivity contribution in [3.63, 3.8) is 0 Å². The van der Waals surface area contributed by atoms with E-state index >= 15 is 0 Å². The van der Waals surface area contributed by atoms with E-state index in [4.69, 9.17) is 4.74 Å². The number of benzene rings is 2. The van der Waals surface area contributed by atoms with Crippen LogP contribution in [0.25, 0.3) is 0 Å². The summed E-state index contributed by atoms with van der Waals surface area (Å²) in [6, 6.07) is 17.0. The van der Waals surface area contributed by atoms with Gasteiger partial charge in [-0.3, -0.25) is 0 Å². The second-order valence-electron chi connectivity index (χ2n) is 8.22. The fraction of sp³-hybridized carbons (Fsp3) is 0.417. The molecule has 1 heterocycles. The molecule has 0 atom stereocenters. The van der Waals surface area contributed by atoms with Gasteiger partial charge in [-0.2, -0.15) is 0 Å². The Bertz CT molecular complexity index is 929. The van der Waals surface area contributed by atoms with Crippen LogP contribution in [0.15, 0.2) is 58.6 Å². The van der Waals surface area contributed by atoms with Crippen molar-refractivity contribution in [2.45, 2.75) is 62.4 Å². The summed E-state index contributed by atoms with van der Waals surface area (Å²) in [5.41, 5.74) is 2.76. The summed E-state index contributed by atoms with van der Waals surface area (Å²) in [7, 11) is 0. The highest BCUT2D eigenvalue weighted by Crippen LogP contribution is 2.26. The van der Waals surface area contributed by atoms with Crippen LogP contribution in [-0.4, -0.2) is 27.1 Å². The highest BCUT2D eigenvalue weighted by Gasteiger charge is 2.14. The number of aryl methyl sites for hydroxylation is 1. The molecule has 4 nitrogen and oxygen atoms in total. The van der Waals surface area contributed by atoms with E-state index in [9.17, 15) is 0 Å². The molecule has 0 aliphatic heterocycles. The number of hydrogen-bond acceptors (Lipinski definition) is 5. The van der Waals surface area contributed by atoms with E-state index in [-0.39, 0.29) is 5.41 Å². The predicted octanol–water partition coefficient (Wildman–Crippen LogP) is 6.37. The minimum atomic E-state index is 0.161. The lowest BCUT2D eigenvalue weighted by Crippen LogP contribution is -2.10. The summed E-state index contributed by atoms with van der Waals surface area (Å²) >= 11 is 3.49. The number of aromatic nitrogens is 3. The lowest BCUT2D eigenvalue weighted by molar-refractivity contribution is 0.343. The van der Waals surface area contributed by atoms with Gasteiger partial charge in [0.1, 0.15) is 11.6 Å². The quantitative estimate of drug-likeness (QED) is 0.285. The Balaban J connectivity index is 1.49. The standard InChI is InChI=1S/C24H31N3OS2/c1-6-27-22(17-30-21-13-7-18(2)8-14-21)25-26-23(27)29-16-15-28-20-11-9-19(10-12-20)24(3,4)5/h7-14H,6,15-17H2,1-5H3. The first-order valence-corrected chi connectivity index (χ1v) is 12.3. The van der Waals surface area contributed by atoms with Gasteiger partial charge in [0.2, 0.25) is 0 Å². The van der Waals surface area contributed by atoms with Gasteiger partial charge >= 0.3 is 0 Å². The van der Waals surface area contributed by atoms with E-state index in [1.807, 2.05) is 0 Å². The zero-order chi connectivity index (χ0) is 21.6. The Morgan fingerprint density at radius 1 is 0.933 bits per heavy atom. The molecule has 1 aromatic heterocycles. The minimum absolute atomic E-state index is 0.161. The molecule has 3 aromatic rings. The SMILES string of the molecule is CCn1c(CSc2ccc(C)cc2)nnc1SCCOc1ccc(C(C)(C)C)cc1. The van der Waals surface area contributed by atoms with Crippen molar-refractivity contribution in [2.75, 3.05) is 12.4 Å². The monoisotopic (exact) mass is 441 g/mol. The van der Waals surface area contributed by atoms with Gasteiger partial charge in [-0.25, -0.2) is 0 Å². The molecule has 0 aliphatic rings. The molecule has 0 bridgehead atoms. The Hall–Kier alpha value is -1.92. The number of thioether (sulfide) groups is 2. The Morgan fingerprint density at radius 3 is 2.27 bits per heavy atom. The molecule has 2 aromatic carbocycles. The van der Waals surface area contributed by atoms with E-state index in [0.717, 1.165) is 34.8 Å². The zero-order valence-corrected chi connectivity index (χ0v) is 20.1. The second kappa shape index (κ2) is 10.4. The van der Waals surface area contributed by atoms with Crippen LogP contribution in [0, 0.1) is 6.92 Å². The summed E-state index contributed by atoms with van der Waals surface area (Å²) in [4.78, 5) is 1.26. The Morgan fingerprint density at radius 2 is 1.63 bits per heavy atom. The summed E-state index contributed by atoms with van der Waals surface area (Å²) in [6.07, 6.45) is 0. The fourth-order valence-electron chi connectivity index (χ4n) is 2.98. The molecule has 0 aliphatic carbocycles. The fourth-order valence-corrected chi connectivity index (χ4v) is 4.65. The van der Waals surface area contributed by atoms with Crippen molar-refractivity contribution >= 4 is 23.5 Å². The largest absolute Gasteiger partial charge is 0.493 e.